The molecule has 2 rings (SSSR count). The summed E-state index contributed by atoms with van der Waals surface area (Å²) < 4.78 is 0. The fraction of sp³-hybridized carbons (Fsp3) is 0.467. The number of rotatable bonds is 5. The van der Waals surface area contributed by atoms with Gasteiger partial charge in [0.15, 0.2) is 5.84 Å². The van der Waals surface area contributed by atoms with Gasteiger partial charge in [-0.1, -0.05) is 30.1 Å². The van der Waals surface area contributed by atoms with Crippen LogP contribution < -0.4 is 5.73 Å². The number of hydrogen-bond donors (Lipinski definition) is 3. The van der Waals surface area contributed by atoms with Crippen molar-refractivity contribution in [2.75, 3.05) is 13.2 Å². The number of aliphatic hydroxyl groups is 1. The summed E-state index contributed by atoms with van der Waals surface area (Å²) in [6.07, 6.45) is 4.19. The Morgan fingerprint density at radius 3 is 2.62 bits per heavy atom. The fourth-order valence-electron chi connectivity index (χ4n) is 2.81. The molecular weight excluding hydrogens is 270 g/mol. The van der Waals surface area contributed by atoms with Gasteiger partial charge >= 0.3 is 0 Å². The van der Waals surface area contributed by atoms with Crippen LogP contribution in [0.2, 0.25) is 0 Å². The van der Waals surface area contributed by atoms with Gasteiger partial charge in [-0.2, -0.15) is 0 Å². The van der Waals surface area contributed by atoms with Gasteiger partial charge < -0.3 is 20.9 Å². The molecule has 0 saturated heterocycles. The SMILES string of the molecule is NC(=NO)c1cccc(C(=O)N(CCO)C2CCCC2)c1. The standard InChI is InChI=1S/C15H21N3O3/c16-14(17-21)11-4-3-5-12(10-11)15(20)18(8-9-19)13-6-1-2-7-13/h3-5,10,13,19,21H,1-2,6-9H2,(H2,16,17). The minimum atomic E-state index is -0.122. The number of amidine groups is 1. The van der Waals surface area contributed by atoms with Crippen molar-refractivity contribution in [1.29, 1.82) is 0 Å². The molecule has 0 bridgehead atoms. The number of aliphatic hydroxyl groups excluding tert-OH is 1. The molecule has 6 nitrogen and oxygen atoms in total. The maximum atomic E-state index is 12.7. The van der Waals surface area contributed by atoms with E-state index in [1.54, 1.807) is 29.2 Å². The molecule has 6 heteroatoms. The summed E-state index contributed by atoms with van der Waals surface area (Å²) in [5.74, 6) is -0.150. The van der Waals surface area contributed by atoms with Gasteiger partial charge in [0.1, 0.15) is 0 Å². The number of hydrogen-bond acceptors (Lipinski definition) is 4. The number of carbonyl (C=O) groups excluding carboxylic acids is 1. The summed E-state index contributed by atoms with van der Waals surface area (Å²) in [7, 11) is 0. The molecule has 114 valence electrons. The Morgan fingerprint density at radius 2 is 2.00 bits per heavy atom. The Morgan fingerprint density at radius 1 is 1.33 bits per heavy atom. The topological polar surface area (TPSA) is 99.2 Å². The second-order valence-electron chi connectivity index (χ2n) is 5.23. The number of nitrogens with two attached hydrogens (primary N) is 1. The summed E-state index contributed by atoms with van der Waals surface area (Å²) >= 11 is 0. The maximum absolute atomic E-state index is 12.7. The molecule has 0 atom stereocenters. The minimum Gasteiger partial charge on any atom is -0.409 e. The second-order valence-corrected chi connectivity index (χ2v) is 5.23. The molecule has 0 heterocycles. The summed E-state index contributed by atoms with van der Waals surface area (Å²) in [4.78, 5) is 14.4. The third-order valence-electron chi connectivity index (χ3n) is 3.88. The minimum absolute atomic E-state index is 0.0285. The van der Waals surface area contributed by atoms with Crippen molar-refractivity contribution in [2.45, 2.75) is 31.7 Å². The van der Waals surface area contributed by atoms with E-state index in [1.807, 2.05) is 0 Å². The first kappa shape index (κ1) is 15.3. The maximum Gasteiger partial charge on any atom is 0.254 e. The molecule has 0 unspecified atom stereocenters. The highest BCUT2D eigenvalue weighted by molar-refractivity contribution is 6.01. The second kappa shape index (κ2) is 7.08. The van der Waals surface area contributed by atoms with Gasteiger partial charge in [0.05, 0.1) is 6.61 Å². The lowest BCUT2D eigenvalue weighted by Gasteiger charge is -2.28. The predicted octanol–water partition coefficient (Wildman–Crippen LogP) is 1.16. The predicted molar refractivity (Wildman–Crippen MR) is 79.3 cm³/mol. The van der Waals surface area contributed by atoms with Crippen LogP contribution in [-0.2, 0) is 0 Å². The Labute approximate surface area is 123 Å². The molecule has 1 amide bonds. The molecule has 1 fully saturated rings. The molecule has 1 saturated carbocycles. The van der Waals surface area contributed by atoms with E-state index in [4.69, 9.17) is 10.9 Å². The van der Waals surface area contributed by atoms with Crippen molar-refractivity contribution in [3.63, 3.8) is 0 Å². The number of amides is 1. The van der Waals surface area contributed by atoms with Crippen LogP contribution >= 0.6 is 0 Å². The van der Waals surface area contributed by atoms with Crippen LogP contribution in [0.25, 0.3) is 0 Å². The highest BCUT2D eigenvalue weighted by atomic mass is 16.4. The van der Waals surface area contributed by atoms with Crippen molar-refractivity contribution in [3.05, 3.63) is 35.4 Å². The first-order valence-electron chi connectivity index (χ1n) is 7.17. The lowest BCUT2D eigenvalue weighted by Crippen LogP contribution is -2.40. The normalized spacial score (nSPS) is 16.1. The van der Waals surface area contributed by atoms with Crippen LogP contribution in [-0.4, -0.2) is 46.1 Å². The van der Waals surface area contributed by atoms with Crippen molar-refractivity contribution in [1.82, 2.24) is 4.90 Å². The third-order valence-corrected chi connectivity index (χ3v) is 3.88. The Hall–Kier alpha value is -2.08. The average molecular weight is 291 g/mol. The van der Waals surface area contributed by atoms with Crippen molar-refractivity contribution < 1.29 is 15.1 Å². The van der Waals surface area contributed by atoms with Gasteiger partial charge in [-0.05, 0) is 25.0 Å². The zero-order valence-electron chi connectivity index (χ0n) is 11.9. The molecule has 1 aliphatic carbocycles. The Kier molecular flexibility index (Phi) is 5.16. The number of carbonyl (C=O) groups is 1. The molecule has 1 aliphatic rings. The van der Waals surface area contributed by atoms with Crippen LogP contribution in [0.4, 0.5) is 0 Å². The highest BCUT2D eigenvalue weighted by Gasteiger charge is 2.27. The van der Waals surface area contributed by atoms with Crippen LogP contribution in [0.15, 0.2) is 29.4 Å². The van der Waals surface area contributed by atoms with Crippen molar-refractivity contribution >= 4 is 11.7 Å². The van der Waals surface area contributed by atoms with E-state index < -0.39 is 0 Å². The number of nitrogens with zero attached hydrogens (tertiary/aromatic N) is 2. The van der Waals surface area contributed by atoms with E-state index in [0.29, 0.717) is 17.7 Å². The lowest BCUT2D eigenvalue weighted by atomic mass is 10.1. The molecule has 1 aromatic carbocycles. The molecule has 1 aromatic rings. The first-order valence-corrected chi connectivity index (χ1v) is 7.17. The Balaban J connectivity index is 2.23. The van der Waals surface area contributed by atoms with E-state index in [9.17, 15) is 9.90 Å². The van der Waals surface area contributed by atoms with E-state index >= 15 is 0 Å². The van der Waals surface area contributed by atoms with Crippen molar-refractivity contribution in [2.24, 2.45) is 10.9 Å². The molecule has 0 aliphatic heterocycles. The monoisotopic (exact) mass is 291 g/mol. The highest BCUT2D eigenvalue weighted by Crippen LogP contribution is 2.24. The quantitative estimate of drug-likeness (QED) is 0.328. The average Bonchev–Trinajstić information content (AvgIpc) is 3.05. The zero-order chi connectivity index (χ0) is 15.2. The summed E-state index contributed by atoms with van der Waals surface area (Å²) in [5, 5.41) is 20.9. The van der Waals surface area contributed by atoms with Gasteiger partial charge in [-0.25, -0.2) is 0 Å². The van der Waals surface area contributed by atoms with Gasteiger partial charge in [0, 0.05) is 23.7 Å². The van der Waals surface area contributed by atoms with E-state index in [2.05, 4.69) is 5.16 Å². The first-order chi connectivity index (χ1) is 10.2. The summed E-state index contributed by atoms with van der Waals surface area (Å²) in [6, 6.07) is 6.88. The van der Waals surface area contributed by atoms with Gasteiger partial charge in [-0.3, -0.25) is 4.79 Å². The number of benzene rings is 1. The van der Waals surface area contributed by atoms with Gasteiger partial charge in [0.25, 0.3) is 5.91 Å². The van der Waals surface area contributed by atoms with Gasteiger partial charge in [-0.15, -0.1) is 0 Å². The largest absolute Gasteiger partial charge is 0.409 e. The van der Waals surface area contributed by atoms with Gasteiger partial charge in [0.2, 0.25) is 0 Å². The number of oxime groups is 1. The van der Waals surface area contributed by atoms with E-state index in [0.717, 1.165) is 25.7 Å². The zero-order valence-corrected chi connectivity index (χ0v) is 11.9. The van der Waals surface area contributed by atoms with Crippen LogP contribution in [0.5, 0.6) is 0 Å². The van der Waals surface area contributed by atoms with E-state index in [1.165, 1.54) is 0 Å². The molecule has 0 spiro atoms. The smallest absolute Gasteiger partial charge is 0.254 e. The van der Waals surface area contributed by atoms with Crippen LogP contribution in [0.3, 0.4) is 0 Å². The Bertz CT molecular complexity index is 525. The summed E-state index contributed by atoms with van der Waals surface area (Å²) in [6.45, 7) is 0.277. The van der Waals surface area contributed by atoms with Crippen LogP contribution in [0, 0.1) is 0 Å². The molecular formula is C15H21N3O3. The van der Waals surface area contributed by atoms with Crippen molar-refractivity contribution in [3.8, 4) is 0 Å². The molecule has 21 heavy (non-hydrogen) atoms. The molecule has 4 N–H and O–H groups in total. The van der Waals surface area contributed by atoms with E-state index in [-0.39, 0.29) is 24.4 Å². The third kappa shape index (κ3) is 3.52. The molecule has 0 aromatic heterocycles. The summed E-state index contributed by atoms with van der Waals surface area (Å²) in [5.41, 5.74) is 6.54. The lowest BCUT2D eigenvalue weighted by molar-refractivity contribution is 0.0638. The fourth-order valence-corrected chi connectivity index (χ4v) is 2.81. The van der Waals surface area contributed by atoms with Crippen LogP contribution in [0.1, 0.15) is 41.6 Å². The molecule has 0 radical (unpaired) electrons.